The molecule has 19 heavy (non-hydrogen) atoms. The fourth-order valence-electron chi connectivity index (χ4n) is 1.98. The monoisotopic (exact) mass is 320 g/mol. The number of thiocarbonyl (C=S) groups is 1. The second-order valence-corrected chi connectivity index (χ2v) is 8.05. The summed E-state index contributed by atoms with van der Waals surface area (Å²) in [7, 11) is -3.56. The lowest BCUT2D eigenvalue weighted by atomic mass is 9.93. The van der Waals surface area contributed by atoms with E-state index >= 15 is 0 Å². The Morgan fingerprint density at radius 3 is 2.63 bits per heavy atom. The highest BCUT2D eigenvalue weighted by molar-refractivity contribution is 7.91. The molecule has 0 aromatic carbocycles. The van der Waals surface area contributed by atoms with Gasteiger partial charge in [-0.2, -0.15) is 4.31 Å². The van der Waals surface area contributed by atoms with Crippen molar-refractivity contribution in [1.82, 2.24) is 4.31 Å². The molecule has 0 spiro atoms. The third-order valence-corrected chi connectivity index (χ3v) is 7.08. The van der Waals surface area contributed by atoms with Crippen LogP contribution in [-0.4, -0.2) is 42.0 Å². The summed E-state index contributed by atoms with van der Waals surface area (Å²) in [5.41, 5.74) is 5.50. The van der Waals surface area contributed by atoms with Gasteiger partial charge in [0.1, 0.15) is 9.20 Å². The number of hydrogen-bond donors (Lipinski definition) is 2. The van der Waals surface area contributed by atoms with E-state index in [2.05, 4.69) is 0 Å². The van der Waals surface area contributed by atoms with Gasteiger partial charge in [0.05, 0.1) is 11.5 Å². The van der Waals surface area contributed by atoms with Crippen LogP contribution in [0.4, 0.5) is 0 Å². The van der Waals surface area contributed by atoms with Gasteiger partial charge in [-0.15, -0.1) is 11.3 Å². The number of rotatable bonds is 6. The molecule has 0 radical (unpaired) electrons. The van der Waals surface area contributed by atoms with Gasteiger partial charge < -0.3 is 10.8 Å². The van der Waals surface area contributed by atoms with Crippen molar-refractivity contribution in [3.63, 3.8) is 0 Å². The van der Waals surface area contributed by atoms with Crippen molar-refractivity contribution >= 4 is 38.6 Å². The maximum absolute atomic E-state index is 12.5. The average molecular weight is 320 g/mol. The van der Waals surface area contributed by atoms with Crippen molar-refractivity contribution in [2.45, 2.75) is 29.5 Å². The smallest absolute Gasteiger partial charge is 0.252 e. The number of nitrogens with two attached hydrogens (primary N) is 1. The van der Waals surface area contributed by atoms with Crippen LogP contribution in [-0.2, 0) is 10.0 Å². The second kappa shape index (κ2) is 5.84. The molecule has 0 amide bonds. The molecule has 1 aromatic heterocycles. The van der Waals surface area contributed by atoms with Gasteiger partial charge >= 0.3 is 0 Å². The highest BCUT2D eigenvalue weighted by Crippen LogP contribution is 2.32. The summed E-state index contributed by atoms with van der Waals surface area (Å²) >= 11 is 5.92. The maximum atomic E-state index is 12.5. The largest absolute Gasteiger partial charge is 0.395 e. The molecule has 0 bridgehead atoms. The van der Waals surface area contributed by atoms with E-state index in [0.717, 1.165) is 30.6 Å². The Bertz CT molecular complexity index is 563. The highest BCUT2D eigenvalue weighted by atomic mass is 32.2. The molecule has 0 atom stereocenters. The quantitative estimate of drug-likeness (QED) is 0.762. The minimum Gasteiger partial charge on any atom is -0.395 e. The van der Waals surface area contributed by atoms with Crippen LogP contribution in [0.2, 0.25) is 0 Å². The molecule has 0 unspecified atom stereocenters. The lowest BCUT2D eigenvalue weighted by Gasteiger charge is -2.35. The van der Waals surface area contributed by atoms with Gasteiger partial charge in [-0.25, -0.2) is 8.42 Å². The number of hydrogen-bond acceptors (Lipinski definition) is 5. The number of aliphatic hydroxyl groups is 1. The Labute approximate surface area is 122 Å². The van der Waals surface area contributed by atoms with Gasteiger partial charge in [0.2, 0.25) is 0 Å². The molecule has 0 saturated heterocycles. The summed E-state index contributed by atoms with van der Waals surface area (Å²) in [4.78, 5) is 0.787. The van der Waals surface area contributed by atoms with Crippen molar-refractivity contribution < 1.29 is 13.5 Å². The van der Waals surface area contributed by atoms with Gasteiger partial charge in [-0.1, -0.05) is 18.6 Å². The lowest BCUT2D eigenvalue weighted by Crippen LogP contribution is -2.45. The predicted octanol–water partition coefficient (Wildman–Crippen LogP) is 0.918. The summed E-state index contributed by atoms with van der Waals surface area (Å²) in [6.45, 7) is -0.0451. The third-order valence-electron chi connectivity index (χ3n) is 3.19. The van der Waals surface area contributed by atoms with Crippen LogP contribution in [0.15, 0.2) is 16.3 Å². The molecule has 106 valence electrons. The highest BCUT2D eigenvalue weighted by Gasteiger charge is 2.35. The van der Waals surface area contributed by atoms with Crippen LogP contribution in [0.5, 0.6) is 0 Å². The zero-order valence-electron chi connectivity index (χ0n) is 10.3. The van der Waals surface area contributed by atoms with Crippen LogP contribution >= 0.6 is 23.6 Å². The van der Waals surface area contributed by atoms with E-state index in [1.807, 2.05) is 0 Å². The summed E-state index contributed by atoms with van der Waals surface area (Å²) < 4.78 is 26.7. The van der Waals surface area contributed by atoms with Crippen LogP contribution < -0.4 is 5.73 Å². The molecule has 3 N–H and O–H groups in total. The fourth-order valence-corrected chi connectivity index (χ4v) is 5.14. The lowest BCUT2D eigenvalue weighted by molar-refractivity contribution is 0.178. The first-order valence-electron chi connectivity index (χ1n) is 5.99. The van der Waals surface area contributed by atoms with Crippen LogP contribution in [0.1, 0.15) is 24.1 Å². The van der Waals surface area contributed by atoms with Crippen molar-refractivity contribution in [3.05, 3.63) is 17.0 Å². The van der Waals surface area contributed by atoms with Crippen molar-refractivity contribution in [2.24, 2.45) is 5.73 Å². The SMILES string of the molecule is NC(=S)c1ccc(S(=O)(=O)N(CCO)C2CCC2)s1. The summed E-state index contributed by atoms with van der Waals surface area (Å²) in [5, 5.41) is 9.07. The molecule has 0 aliphatic heterocycles. The average Bonchev–Trinajstić information content (AvgIpc) is 2.75. The Morgan fingerprint density at radius 1 is 1.53 bits per heavy atom. The van der Waals surface area contributed by atoms with Crippen molar-refractivity contribution in [1.29, 1.82) is 0 Å². The van der Waals surface area contributed by atoms with E-state index in [-0.39, 0.29) is 28.4 Å². The van der Waals surface area contributed by atoms with E-state index in [9.17, 15) is 8.42 Å². The molecule has 8 heteroatoms. The zero-order chi connectivity index (χ0) is 14.0. The number of sulfonamides is 1. The number of nitrogens with zero attached hydrogens (tertiary/aromatic N) is 1. The molecule has 5 nitrogen and oxygen atoms in total. The van der Waals surface area contributed by atoms with E-state index < -0.39 is 10.0 Å². The Morgan fingerprint density at radius 2 is 2.21 bits per heavy atom. The normalized spacial score (nSPS) is 16.5. The molecule has 1 aliphatic carbocycles. The summed E-state index contributed by atoms with van der Waals surface area (Å²) in [6, 6.07) is 3.16. The zero-order valence-corrected chi connectivity index (χ0v) is 12.7. The second-order valence-electron chi connectivity index (χ2n) is 4.41. The molecule has 1 heterocycles. The van der Waals surface area contributed by atoms with Gasteiger partial charge in [0.25, 0.3) is 10.0 Å². The van der Waals surface area contributed by atoms with Crippen LogP contribution in [0.3, 0.4) is 0 Å². The van der Waals surface area contributed by atoms with E-state index in [0.29, 0.717) is 4.88 Å². The number of aliphatic hydroxyl groups excluding tert-OH is 1. The van der Waals surface area contributed by atoms with E-state index in [1.165, 1.54) is 10.4 Å². The van der Waals surface area contributed by atoms with Gasteiger partial charge in [0.15, 0.2) is 0 Å². The Balaban J connectivity index is 2.29. The van der Waals surface area contributed by atoms with Crippen molar-refractivity contribution in [2.75, 3.05) is 13.2 Å². The summed E-state index contributed by atoms with van der Waals surface area (Å²) in [5.74, 6) is 0. The molecule has 1 aromatic rings. The first-order chi connectivity index (χ1) is 8.96. The Hall–Kier alpha value is -0.540. The minimum atomic E-state index is -3.56. The van der Waals surface area contributed by atoms with Gasteiger partial charge in [0, 0.05) is 12.6 Å². The third kappa shape index (κ3) is 2.97. The maximum Gasteiger partial charge on any atom is 0.252 e. The van der Waals surface area contributed by atoms with Crippen LogP contribution in [0, 0.1) is 0 Å². The molecule has 1 saturated carbocycles. The molecular formula is C11H16N2O3S3. The standard InChI is InChI=1S/C11H16N2O3S3/c12-11(17)9-4-5-10(18-9)19(15,16)13(6-7-14)8-2-1-3-8/h4-5,8,14H,1-3,6-7H2,(H2,12,17). The summed E-state index contributed by atoms with van der Waals surface area (Å²) in [6.07, 6.45) is 2.74. The molecular weight excluding hydrogens is 304 g/mol. The first-order valence-corrected chi connectivity index (χ1v) is 8.65. The minimum absolute atomic E-state index is 0.00697. The van der Waals surface area contributed by atoms with Gasteiger partial charge in [-0.05, 0) is 25.0 Å². The predicted molar refractivity (Wildman–Crippen MR) is 78.8 cm³/mol. The fraction of sp³-hybridized carbons (Fsp3) is 0.545. The van der Waals surface area contributed by atoms with Crippen molar-refractivity contribution in [3.8, 4) is 0 Å². The molecule has 1 fully saturated rings. The first kappa shape index (κ1) is 14.9. The van der Waals surface area contributed by atoms with Gasteiger partial charge in [-0.3, -0.25) is 0 Å². The van der Waals surface area contributed by atoms with E-state index in [1.54, 1.807) is 6.07 Å². The Kier molecular flexibility index (Phi) is 4.57. The topological polar surface area (TPSA) is 83.6 Å². The number of thiophene rings is 1. The molecule has 2 rings (SSSR count). The molecule has 1 aliphatic rings. The van der Waals surface area contributed by atoms with Crippen LogP contribution in [0.25, 0.3) is 0 Å². The van der Waals surface area contributed by atoms with E-state index in [4.69, 9.17) is 23.1 Å².